The number of nitrogens with one attached hydrogen (secondary N) is 1. The Balaban J connectivity index is 3.10. The number of rotatable bonds is 6. The quantitative estimate of drug-likeness (QED) is 0.425. The van der Waals surface area contributed by atoms with Crippen molar-refractivity contribution in [3.05, 3.63) is 33.9 Å². The number of hydrogen-bond donors (Lipinski definition) is 2. The summed E-state index contributed by atoms with van der Waals surface area (Å²) < 4.78 is 9.29. The summed E-state index contributed by atoms with van der Waals surface area (Å²) in [6.07, 6.45) is 0. The Morgan fingerprint density at radius 2 is 2.10 bits per heavy atom. The Hall–Kier alpha value is -2.68. The molecular formula is C12H14N2O7. The summed E-state index contributed by atoms with van der Waals surface area (Å²) in [5.41, 5.74) is -0.516. The van der Waals surface area contributed by atoms with Crippen LogP contribution in [0.1, 0.15) is 10.4 Å². The lowest BCUT2D eigenvalue weighted by molar-refractivity contribution is -0.385. The van der Waals surface area contributed by atoms with Crippen LogP contribution in [-0.2, 0) is 9.53 Å². The fourth-order valence-corrected chi connectivity index (χ4v) is 1.62. The van der Waals surface area contributed by atoms with Crippen molar-refractivity contribution in [2.75, 3.05) is 20.8 Å². The van der Waals surface area contributed by atoms with Crippen LogP contribution in [-0.4, -0.2) is 48.8 Å². The van der Waals surface area contributed by atoms with Crippen molar-refractivity contribution in [1.29, 1.82) is 0 Å². The molecule has 0 fully saturated rings. The second kappa shape index (κ2) is 7.20. The highest BCUT2D eigenvalue weighted by Gasteiger charge is 2.26. The van der Waals surface area contributed by atoms with E-state index in [-0.39, 0.29) is 17.0 Å². The number of benzene rings is 1. The number of nitro benzene ring substituents is 1. The van der Waals surface area contributed by atoms with E-state index in [1.54, 1.807) is 0 Å². The molecule has 1 aromatic rings. The van der Waals surface area contributed by atoms with Gasteiger partial charge in [0.2, 0.25) is 5.75 Å². The Labute approximate surface area is 119 Å². The van der Waals surface area contributed by atoms with Crippen LogP contribution >= 0.6 is 0 Å². The summed E-state index contributed by atoms with van der Waals surface area (Å²) in [5, 5.41) is 22.1. The molecule has 0 bridgehead atoms. The predicted molar refractivity (Wildman–Crippen MR) is 70.0 cm³/mol. The van der Waals surface area contributed by atoms with Crippen LogP contribution in [0.5, 0.6) is 5.75 Å². The molecular weight excluding hydrogens is 284 g/mol. The number of ether oxygens (including phenoxy) is 2. The lowest BCUT2D eigenvalue weighted by Gasteiger charge is -2.15. The number of para-hydroxylation sites is 1. The largest absolute Gasteiger partial charge is 0.490 e. The van der Waals surface area contributed by atoms with Gasteiger partial charge in [-0.2, -0.15) is 0 Å². The molecule has 0 aliphatic heterocycles. The highest BCUT2D eigenvalue weighted by Crippen LogP contribution is 2.30. The van der Waals surface area contributed by atoms with E-state index in [1.165, 1.54) is 25.3 Å². The monoisotopic (exact) mass is 298 g/mol. The number of carbonyl (C=O) groups is 2. The molecule has 0 aromatic heterocycles. The smallest absolute Gasteiger partial charge is 0.330 e. The van der Waals surface area contributed by atoms with Crippen LogP contribution in [0.4, 0.5) is 5.69 Å². The van der Waals surface area contributed by atoms with E-state index < -0.39 is 29.4 Å². The maximum Gasteiger partial charge on any atom is 0.330 e. The summed E-state index contributed by atoms with van der Waals surface area (Å²) in [6.45, 7) is -0.671. The maximum atomic E-state index is 12.1. The number of methoxy groups -OCH3 is 2. The van der Waals surface area contributed by atoms with Gasteiger partial charge in [-0.3, -0.25) is 14.9 Å². The van der Waals surface area contributed by atoms with Crippen LogP contribution in [0, 0.1) is 10.1 Å². The van der Waals surface area contributed by atoms with Gasteiger partial charge in [-0.05, 0) is 6.07 Å². The van der Waals surface area contributed by atoms with E-state index >= 15 is 0 Å². The number of nitro groups is 1. The van der Waals surface area contributed by atoms with Crippen molar-refractivity contribution < 1.29 is 29.1 Å². The molecule has 9 heteroatoms. The predicted octanol–water partition coefficient (Wildman–Crippen LogP) is -0.133. The first-order chi connectivity index (χ1) is 9.96. The summed E-state index contributed by atoms with van der Waals surface area (Å²) in [6, 6.07) is 2.51. The first-order valence-corrected chi connectivity index (χ1v) is 5.77. The molecule has 1 aromatic carbocycles. The third-order valence-corrected chi connectivity index (χ3v) is 2.61. The molecule has 0 spiro atoms. The van der Waals surface area contributed by atoms with Gasteiger partial charge in [-0.15, -0.1) is 0 Å². The van der Waals surface area contributed by atoms with Crippen LogP contribution in [0.2, 0.25) is 0 Å². The molecule has 0 saturated carbocycles. The molecule has 0 saturated heterocycles. The van der Waals surface area contributed by atoms with Gasteiger partial charge < -0.3 is 19.9 Å². The number of aliphatic hydroxyl groups excluding tert-OH is 1. The molecule has 21 heavy (non-hydrogen) atoms. The molecule has 114 valence electrons. The third kappa shape index (κ3) is 3.66. The molecule has 1 unspecified atom stereocenters. The molecule has 1 atom stereocenters. The number of nitrogens with zero attached hydrogens (tertiary/aromatic N) is 1. The van der Waals surface area contributed by atoms with Crippen molar-refractivity contribution in [1.82, 2.24) is 5.32 Å². The Bertz CT molecular complexity index is 559. The fraction of sp³-hybridized carbons (Fsp3) is 0.333. The van der Waals surface area contributed by atoms with Gasteiger partial charge in [0, 0.05) is 6.07 Å². The van der Waals surface area contributed by atoms with Crippen molar-refractivity contribution in [2.24, 2.45) is 0 Å². The Kier molecular flexibility index (Phi) is 5.61. The van der Waals surface area contributed by atoms with Gasteiger partial charge in [-0.25, -0.2) is 4.79 Å². The van der Waals surface area contributed by atoms with Crippen LogP contribution in [0.15, 0.2) is 18.2 Å². The summed E-state index contributed by atoms with van der Waals surface area (Å²) in [5.74, 6) is -1.88. The first kappa shape index (κ1) is 16.4. The highest BCUT2D eigenvalue weighted by atomic mass is 16.6. The van der Waals surface area contributed by atoms with E-state index in [4.69, 9.17) is 9.84 Å². The number of hydrogen-bond acceptors (Lipinski definition) is 7. The van der Waals surface area contributed by atoms with Crippen molar-refractivity contribution >= 4 is 17.6 Å². The van der Waals surface area contributed by atoms with E-state index in [0.717, 1.165) is 7.11 Å². The van der Waals surface area contributed by atoms with Gasteiger partial charge in [0.1, 0.15) is 0 Å². The van der Waals surface area contributed by atoms with Crippen molar-refractivity contribution in [3.8, 4) is 5.75 Å². The van der Waals surface area contributed by atoms with Gasteiger partial charge in [-0.1, -0.05) is 6.07 Å². The highest BCUT2D eigenvalue weighted by molar-refractivity contribution is 6.00. The second-order valence-corrected chi connectivity index (χ2v) is 3.85. The zero-order chi connectivity index (χ0) is 16.0. The van der Waals surface area contributed by atoms with Crippen molar-refractivity contribution in [3.63, 3.8) is 0 Å². The van der Waals surface area contributed by atoms with E-state index in [0.29, 0.717) is 0 Å². The fourth-order valence-electron chi connectivity index (χ4n) is 1.62. The molecule has 0 heterocycles. The minimum atomic E-state index is -1.27. The van der Waals surface area contributed by atoms with Crippen LogP contribution in [0.25, 0.3) is 0 Å². The van der Waals surface area contributed by atoms with Gasteiger partial charge in [0.05, 0.1) is 31.3 Å². The minimum Gasteiger partial charge on any atom is -0.490 e. The zero-order valence-corrected chi connectivity index (χ0v) is 11.4. The molecule has 0 aliphatic carbocycles. The van der Waals surface area contributed by atoms with Crippen molar-refractivity contribution in [2.45, 2.75) is 6.04 Å². The van der Waals surface area contributed by atoms with Gasteiger partial charge >= 0.3 is 11.7 Å². The molecule has 1 amide bonds. The lowest BCUT2D eigenvalue weighted by atomic mass is 10.1. The van der Waals surface area contributed by atoms with E-state index in [2.05, 4.69) is 10.1 Å². The maximum absolute atomic E-state index is 12.1. The van der Waals surface area contributed by atoms with Crippen LogP contribution < -0.4 is 10.1 Å². The number of amides is 1. The zero-order valence-electron chi connectivity index (χ0n) is 11.4. The summed E-state index contributed by atoms with van der Waals surface area (Å²) in [7, 11) is 2.29. The molecule has 1 rings (SSSR count). The standard InChI is InChI=1S/C12H14N2O7/c1-20-10-7(4-3-5-9(10)14(18)19)11(16)13-8(6-15)12(17)21-2/h3-5,8,15H,6H2,1-2H3,(H,13,16). The summed E-state index contributed by atoms with van der Waals surface area (Å²) >= 11 is 0. The SMILES string of the molecule is COC(=O)C(CO)NC(=O)c1cccc([N+](=O)[O-])c1OC. The number of esters is 1. The Morgan fingerprint density at radius 1 is 1.43 bits per heavy atom. The minimum absolute atomic E-state index is 0.131. The normalized spacial score (nSPS) is 11.4. The van der Waals surface area contributed by atoms with E-state index in [1.807, 2.05) is 0 Å². The summed E-state index contributed by atoms with van der Waals surface area (Å²) in [4.78, 5) is 33.5. The lowest BCUT2D eigenvalue weighted by Crippen LogP contribution is -2.44. The average Bonchev–Trinajstić information content (AvgIpc) is 2.50. The number of aliphatic hydroxyl groups is 1. The average molecular weight is 298 g/mol. The van der Waals surface area contributed by atoms with Gasteiger partial charge in [0.15, 0.2) is 6.04 Å². The molecule has 2 N–H and O–H groups in total. The van der Waals surface area contributed by atoms with Crippen LogP contribution in [0.3, 0.4) is 0 Å². The second-order valence-electron chi connectivity index (χ2n) is 3.85. The molecule has 0 aliphatic rings. The first-order valence-electron chi connectivity index (χ1n) is 5.77. The molecule has 0 radical (unpaired) electrons. The molecule has 9 nitrogen and oxygen atoms in total. The number of carbonyl (C=O) groups excluding carboxylic acids is 2. The van der Waals surface area contributed by atoms with Gasteiger partial charge in [0.25, 0.3) is 5.91 Å². The third-order valence-electron chi connectivity index (χ3n) is 2.61. The topological polar surface area (TPSA) is 128 Å². The van der Waals surface area contributed by atoms with E-state index in [9.17, 15) is 19.7 Å². The Morgan fingerprint density at radius 3 is 2.57 bits per heavy atom.